The van der Waals surface area contributed by atoms with E-state index in [0.717, 1.165) is 19.3 Å². The van der Waals surface area contributed by atoms with Gasteiger partial charge in [-0.2, -0.15) is 17.5 Å². The van der Waals surface area contributed by atoms with Crippen molar-refractivity contribution in [2.75, 3.05) is 7.11 Å². The van der Waals surface area contributed by atoms with Crippen molar-refractivity contribution in [1.29, 1.82) is 0 Å². The van der Waals surface area contributed by atoms with Crippen LogP contribution in [0.2, 0.25) is 0 Å². The molecule has 1 aliphatic rings. The van der Waals surface area contributed by atoms with Crippen LogP contribution in [-0.4, -0.2) is 17.5 Å². The van der Waals surface area contributed by atoms with Crippen molar-refractivity contribution in [2.45, 2.75) is 45.4 Å². The van der Waals surface area contributed by atoms with E-state index in [1.165, 1.54) is 18.2 Å². The van der Waals surface area contributed by atoms with E-state index in [-0.39, 0.29) is 40.3 Å². The summed E-state index contributed by atoms with van der Waals surface area (Å²) in [5.41, 5.74) is -0.197. The fraction of sp³-hybridized carbons (Fsp3) is 0.417. The molecular weight excluding hydrogens is 513 g/mol. The number of allylic oxidation sites excluding steroid dienone is 2. The van der Waals surface area contributed by atoms with Crippen LogP contribution in [0.1, 0.15) is 59.9 Å². The first-order valence-corrected chi connectivity index (χ1v) is 11.8. The predicted molar refractivity (Wildman–Crippen MR) is 124 cm³/mol. The molecule has 2 aromatic rings. The molecule has 0 amide bonds. The number of rotatable bonds is 7. The van der Waals surface area contributed by atoms with Gasteiger partial charge in [-0.3, -0.25) is 0 Å². The van der Waals surface area contributed by atoms with E-state index in [4.69, 9.17) is 16.3 Å². The zero-order valence-electron chi connectivity index (χ0n) is 19.0. The summed E-state index contributed by atoms with van der Waals surface area (Å²) in [5, 5.41) is 0.665. The van der Waals surface area contributed by atoms with E-state index in [2.05, 4.69) is 9.11 Å². The summed E-state index contributed by atoms with van der Waals surface area (Å²) < 4.78 is 82.5. The fourth-order valence-corrected chi connectivity index (χ4v) is 5.04. The van der Waals surface area contributed by atoms with E-state index in [1.807, 2.05) is 19.9 Å². The van der Waals surface area contributed by atoms with Gasteiger partial charge in [0.2, 0.25) is 0 Å². The van der Waals surface area contributed by atoms with Gasteiger partial charge in [-0.15, -0.1) is 0 Å². The molecule has 0 spiro atoms. The van der Waals surface area contributed by atoms with Gasteiger partial charge in [0, 0.05) is 28.2 Å². The average Bonchev–Trinajstić information content (AvgIpc) is 3.22. The molecule has 35 heavy (non-hydrogen) atoms. The molecule has 0 fully saturated rings. The summed E-state index contributed by atoms with van der Waals surface area (Å²) >= 11 is 6.58. The number of esters is 1. The number of benzene rings is 1. The van der Waals surface area contributed by atoms with Gasteiger partial charge in [-0.05, 0) is 53.6 Å². The van der Waals surface area contributed by atoms with Gasteiger partial charge in [0.15, 0.2) is 0 Å². The molecule has 0 aliphatic heterocycles. The first kappa shape index (κ1) is 27.1. The van der Waals surface area contributed by atoms with E-state index in [0.29, 0.717) is 23.0 Å². The lowest BCUT2D eigenvalue weighted by Gasteiger charge is -2.30. The summed E-state index contributed by atoms with van der Waals surface area (Å²) in [4.78, 5) is 10.4. The number of nitrogens with zero attached hydrogens (tertiary/aromatic N) is 1. The number of aromatic nitrogens is 1. The number of carbonyl (C=O) groups excluding carboxylic acids is 1. The molecule has 3 unspecified atom stereocenters. The second-order valence-electron chi connectivity index (χ2n) is 8.26. The zero-order chi connectivity index (χ0) is 25.9. The van der Waals surface area contributed by atoms with E-state index in [1.54, 1.807) is 0 Å². The third-order valence-corrected chi connectivity index (χ3v) is 7.29. The Morgan fingerprint density at radius 1 is 1.31 bits per heavy atom. The van der Waals surface area contributed by atoms with Crippen LogP contribution in [0.15, 0.2) is 35.4 Å². The van der Waals surface area contributed by atoms with Crippen LogP contribution in [0.4, 0.5) is 22.0 Å². The van der Waals surface area contributed by atoms with Crippen molar-refractivity contribution in [3.8, 4) is 5.75 Å². The van der Waals surface area contributed by atoms with Crippen molar-refractivity contribution in [3.05, 3.63) is 62.6 Å². The summed E-state index contributed by atoms with van der Waals surface area (Å²) in [6.07, 6.45) is -3.02. The summed E-state index contributed by atoms with van der Waals surface area (Å²) in [7, 11) is 1.15. The van der Waals surface area contributed by atoms with Gasteiger partial charge in [0.05, 0.1) is 12.8 Å². The predicted octanol–water partition coefficient (Wildman–Crippen LogP) is 7.75. The van der Waals surface area contributed by atoms with Crippen molar-refractivity contribution in [2.24, 2.45) is 11.8 Å². The lowest BCUT2D eigenvalue weighted by atomic mass is 9.77. The van der Waals surface area contributed by atoms with Gasteiger partial charge in [0.1, 0.15) is 17.2 Å². The van der Waals surface area contributed by atoms with Crippen molar-refractivity contribution in [3.63, 3.8) is 0 Å². The number of ether oxygens (including phenoxy) is 2. The quantitative estimate of drug-likeness (QED) is 0.207. The molecule has 0 saturated heterocycles. The normalized spacial score (nSPS) is 20.9. The molecule has 0 radical (unpaired) electrons. The van der Waals surface area contributed by atoms with E-state index in [9.17, 15) is 26.7 Å². The SMILES string of the molecule is COC(=O)/C=C/c1ccc(OCc2c(C3CC(C)C(Cl)=CC3C)nsc2C(F)(F)F)cc1C(F)F. The Kier molecular flexibility index (Phi) is 8.58. The van der Waals surface area contributed by atoms with Crippen LogP contribution >= 0.6 is 23.1 Å². The Hall–Kier alpha value is -2.46. The maximum atomic E-state index is 13.7. The highest BCUT2D eigenvalue weighted by molar-refractivity contribution is 7.06. The lowest BCUT2D eigenvalue weighted by molar-refractivity contribution is -0.136. The average molecular weight is 536 g/mol. The third-order valence-electron chi connectivity index (χ3n) is 5.84. The Labute approximate surface area is 208 Å². The van der Waals surface area contributed by atoms with Crippen molar-refractivity contribution >= 4 is 35.2 Å². The van der Waals surface area contributed by atoms with Crippen LogP contribution in [0.25, 0.3) is 6.08 Å². The minimum absolute atomic E-state index is 0.0261. The Morgan fingerprint density at radius 3 is 2.66 bits per heavy atom. The van der Waals surface area contributed by atoms with Gasteiger partial charge >= 0.3 is 12.1 Å². The number of carbonyl (C=O) groups is 1. The fourth-order valence-electron chi connectivity index (χ4n) is 3.94. The Balaban J connectivity index is 1.92. The lowest BCUT2D eigenvalue weighted by Crippen LogP contribution is -2.20. The monoisotopic (exact) mass is 535 g/mol. The molecule has 3 atom stereocenters. The Bertz CT molecular complexity index is 1130. The third kappa shape index (κ3) is 6.41. The maximum Gasteiger partial charge on any atom is 0.427 e. The minimum Gasteiger partial charge on any atom is -0.489 e. The number of methoxy groups -OCH3 is 1. The number of alkyl halides is 5. The first-order valence-electron chi connectivity index (χ1n) is 10.7. The molecule has 1 aliphatic carbocycles. The molecule has 1 aromatic heterocycles. The number of hydrogen-bond donors (Lipinski definition) is 0. The van der Waals surface area contributed by atoms with E-state index < -0.39 is 35.6 Å². The van der Waals surface area contributed by atoms with Crippen LogP contribution in [0.3, 0.4) is 0 Å². The van der Waals surface area contributed by atoms with Gasteiger partial charge in [-0.25, -0.2) is 13.6 Å². The second-order valence-corrected chi connectivity index (χ2v) is 9.47. The van der Waals surface area contributed by atoms with Crippen LogP contribution in [0.5, 0.6) is 5.75 Å². The molecule has 3 rings (SSSR count). The standard InChI is InChI=1S/C24H23ClF5NO3S/c1-12-9-19(25)13(2)8-16(12)21-18(22(35-31-21)24(28,29)30)11-34-15-6-4-14(5-7-20(32)33-3)17(10-15)23(26)27/h4-7,9-10,12-13,16,23H,8,11H2,1-3H3/b7-5+. The molecule has 0 N–H and O–H groups in total. The summed E-state index contributed by atoms with van der Waals surface area (Å²) in [6.45, 7) is 3.27. The highest BCUT2D eigenvalue weighted by Gasteiger charge is 2.40. The Morgan fingerprint density at radius 2 is 2.03 bits per heavy atom. The van der Waals surface area contributed by atoms with Crippen LogP contribution < -0.4 is 4.74 Å². The van der Waals surface area contributed by atoms with E-state index >= 15 is 0 Å². The number of halogens is 6. The largest absolute Gasteiger partial charge is 0.489 e. The number of hydrogen-bond acceptors (Lipinski definition) is 5. The molecular formula is C24H23ClF5NO3S. The highest BCUT2D eigenvalue weighted by Crippen LogP contribution is 2.45. The van der Waals surface area contributed by atoms with Crippen LogP contribution in [-0.2, 0) is 22.3 Å². The zero-order valence-corrected chi connectivity index (χ0v) is 20.6. The van der Waals surface area contributed by atoms with Gasteiger partial charge in [0.25, 0.3) is 6.43 Å². The topological polar surface area (TPSA) is 48.4 Å². The highest BCUT2D eigenvalue weighted by atomic mass is 35.5. The van der Waals surface area contributed by atoms with Crippen LogP contribution in [0, 0.1) is 11.8 Å². The minimum atomic E-state index is -4.64. The molecule has 1 heterocycles. The molecule has 1 aromatic carbocycles. The van der Waals surface area contributed by atoms with Gasteiger partial charge < -0.3 is 9.47 Å². The van der Waals surface area contributed by atoms with Crippen molar-refractivity contribution in [1.82, 2.24) is 4.37 Å². The smallest absolute Gasteiger partial charge is 0.427 e. The second kappa shape index (κ2) is 11.1. The first-order chi connectivity index (χ1) is 16.4. The maximum absolute atomic E-state index is 13.7. The molecule has 0 bridgehead atoms. The summed E-state index contributed by atoms with van der Waals surface area (Å²) in [5.74, 6) is -1.20. The van der Waals surface area contributed by atoms with Crippen molar-refractivity contribution < 1.29 is 36.2 Å². The molecule has 0 saturated carbocycles. The molecule has 11 heteroatoms. The summed E-state index contributed by atoms with van der Waals surface area (Å²) in [6, 6.07) is 3.69. The molecule has 4 nitrogen and oxygen atoms in total. The molecule has 190 valence electrons. The van der Waals surface area contributed by atoms with Gasteiger partial charge in [-0.1, -0.05) is 37.6 Å².